The second-order valence-corrected chi connectivity index (χ2v) is 3.20. The summed E-state index contributed by atoms with van der Waals surface area (Å²) in [5.41, 5.74) is 1.29. The van der Waals surface area contributed by atoms with Gasteiger partial charge in [-0.1, -0.05) is 43.0 Å². The lowest BCUT2D eigenvalue weighted by Crippen LogP contribution is -1.95. The van der Waals surface area contributed by atoms with Gasteiger partial charge in [0.15, 0.2) is 0 Å². The number of rotatable bonds is 7. The van der Waals surface area contributed by atoms with Crippen molar-refractivity contribution in [1.29, 1.82) is 0 Å². The first kappa shape index (κ1) is 12.7. The summed E-state index contributed by atoms with van der Waals surface area (Å²) < 4.78 is 0. The van der Waals surface area contributed by atoms with Gasteiger partial charge in [0.05, 0.1) is 0 Å². The zero-order valence-electron chi connectivity index (χ0n) is 9.08. The molecule has 0 bridgehead atoms. The third-order valence-electron chi connectivity index (χ3n) is 2.01. The summed E-state index contributed by atoms with van der Waals surface area (Å²) in [5.74, 6) is 0.481. The SMILES string of the molecule is C=C/C=C(\C=C/C)CC(C=C)CC=C. The van der Waals surface area contributed by atoms with E-state index in [4.69, 9.17) is 0 Å². The van der Waals surface area contributed by atoms with Crippen LogP contribution in [0.25, 0.3) is 0 Å². The number of hydrogen-bond acceptors (Lipinski definition) is 0. The van der Waals surface area contributed by atoms with E-state index < -0.39 is 0 Å². The minimum absolute atomic E-state index is 0.481. The second-order valence-electron chi connectivity index (χ2n) is 3.20. The van der Waals surface area contributed by atoms with E-state index in [1.165, 1.54) is 5.57 Å². The molecule has 76 valence electrons. The van der Waals surface area contributed by atoms with Crippen molar-refractivity contribution in [2.24, 2.45) is 5.92 Å². The van der Waals surface area contributed by atoms with E-state index in [0.717, 1.165) is 12.8 Å². The highest BCUT2D eigenvalue weighted by Crippen LogP contribution is 2.17. The summed E-state index contributed by atoms with van der Waals surface area (Å²) in [4.78, 5) is 0. The Morgan fingerprint density at radius 2 is 2.00 bits per heavy atom. The second kappa shape index (κ2) is 8.31. The molecule has 0 rings (SSSR count). The van der Waals surface area contributed by atoms with Crippen molar-refractivity contribution in [3.63, 3.8) is 0 Å². The third kappa shape index (κ3) is 5.36. The molecule has 0 aliphatic heterocycles. The van der Waals surface area contributed by atoms with Crippen molar-refractivity contribution in [3.05, 3.63) is 61.8 Å². The maximum atomic E-state index is 3.83. The van der Waals surface area contributed by atoms with Gasteiger partial charge in [0.25, 0.3) is 0 Å². The van der Waals surface area contributed by atoms with Gasteiger partial charge < -0.3 is 0 Å². The Kier molecular flexibility index (Phi) is 7.53. The van der Waals surface area contributed by atoms with Gasteiger partial charge in [0, 0.05) is 0 Å². The zero-order valence-corrected chi connectivity index (χ0v) is 9.08. The van der Waals surface area contributed by atoms with Gasteiger partial charge in [-0.05, 0) is 31.3 Å². The Morgan fingerprint density at radius 1 is 1.29 bits per heavy atom. The predicted octanol–water partition coefficient (Wildman–Crippen LogP) is 4.44. The molecule has 0 aromatic carbocycles. The quantitative estimate of drug-likeness (QED) is 0.409. The summed E-state index contributed by atoms with van der Waals surface area (Å²) in [6.07, 6.45) is 13.9. The van der Waals surface area contributed by atoms with Gasteiger partial charge >= 0.3 is 0 Å². The van der Waals surface area contributed by atoms with Crippen LogP contribution in [0.4, 0.5) is 0 Å². The summed E-state index contributed by atoms with van der Waals surface area (Å²) in [6.45, 7) is 13.3. The molecule has 1 unspecified atom stereocenters. The van der Waals surface area contributed by atoms with Crippen molar-refractivity contribution >= 4 is 0 Å². The fourth-order valence-corrected chi connectivity index (χ4v) is 1.34. The molecule has 0 spiro atoms. The lowest BCUT2D eigenvalue weighted by molar-refractivity contribution is 0.664. The highest BCUT2D eigenvalue weighted by atomic mass is 14.1. The minimum atomic E-state index is 0.481. The topological polar surface area (TPSA) is 0 Å². The van der Waals surface area contributed by atoms with Crippen molar-refractivity contribution in [2.45, 2.75) is 19.8 Å². The van der Waals surface area contributed by atoms with Crippen LogP contribution in [0.1, 0.15) is 19.8 Å². The molecule has 14 heavy (non-hydrogen) atoms. The Labute approximate surface area is 88.0 Å². The average Bonchev–Trinajstić information content (AvgIpc) is 2.18. The van der Waals surface area contributed by atoms with Gasteiger partial charge in [-0.3, -0.25) is 0 Å². The lowest BCUT2D eigenvalue weighted by atomic mass is 9.95. The van der Waals surface area contributed by atoms with E-state index in [2.05, 4.69) is 25.8 Å². The molecule has 0 aliphatic carbocycles. The van der Waals surface area contributed by atoms with Crippen LogP contribution in [0.3, 0.4) is 0 Å². The van der Waals surface area contributed by atoms with E-state index in [1.807, 2.05) is 37.3 Å². The molecule has 0 N–H and O–H groups in total. The molecule has 0 heterocycles. The Balaban J connectivity index is 4.39. The lowest BCUT2D eigenvalue weighted by Gasteiger charge is -2.10. The summed E-state index contributed by atoms with van der Waals surface area (Å²) in [5, 5.41) is 0. The van der Waals surface area contributed by atoms with Crippen LogP contribution in [0.5, 0.6) is 0 Å². The molecule has 0 saturated carbocycles. The van der Waals surface area contributed by atoms with E-state index in [-0.39, 0.29) is 0 Å². The summed E-state index contributed by atoms with van der Waals surface area (Å²) >= 11 is 0. The molecule has 0 aromatic heterocycles. The van der Waals surface area contributed by atoms with Crippen LogP contribution in [-0.2, 0) is 0 Å². The van der Waals surface area contributed by atoms with E-state index in [9.17, 15) is 0 Å². The normalized spacial score (nSPS) is 13.9. The predicted molar refractivity (Wildman–Crippen MR) is 66.2 cm³/mol. The number of hydrogen-bond donors (Lipinski definition) is 0. The van der Waals surface area contributed by atoms with Crippen LogP contribution in [0.2, 0.25) is 0 Å². The molecule has 0 fully saturated rings. The van der Waals surface area contributed by atoms with Gasteiger partial charge in [-0.25, -0.2) is 0 Å². The number of allylic oxidation sites excluding steroid dienone is 7. The summed E-state index contributed by atoms with van der Waals surface area (Å²) in [7, 11) is 0. The van der Waals surface area contributed by atoms with Gasteiger partial charge in [-0.15, -0.1) is 13.2 Å². The molecular weight excluding hydrogens is 168 g/mol. The first-order valence-corrected chi connectivity index (χ1v) is 4.96. The van der Waals surface area contributed by atoms with E-state index in [0.29, 0.717) is 5.92 Å². The highest BCUT2D eigenvalue weighted by molar-refractivity contribution is 5.23. The Bertz CT molecular complexity index is 241. The van der Waals surface area contributed by atoms with E-state index in [1.54, 1.807) is 0 Å². The van der Waals surface area contributed by atoms with Crippen molar-refractivity contribution in [1.82, 2.24) is 0 Å². The molecule has 1 atom stereocenters. The van der Waals surface area contributed by atoms with Crippen LogP contribution in [-0.4, -0.2) is 0 Å². The van der Waals surface area contributed by atoms with Gasteiger partial charge in [0.2, 0.25) is 0 Å². The molecule has 0 aliphatic rings. The fourth-order valence-electron chi connectivity index (χ4n) is 1.34. The maximum Gasteiger partial charge on any atom is -0.0161 e. The van der Waals surface area contributed by atoms with Crippen molar-refractivity contribution < 1.29 is 0 Å². The Morgan fingerprint density at radius 3 is 2.43 bits per heavy atom. The zero-order chi connectivity index (χ0) is 10.8. The first-order valence-electron chi connectivity index (χ1n) is 4.96. The van der Waals surface area contributed by atoms with Crippen molar-refractivity contribution in [2.75, 3.05) is 0 Å². The largest absolute Gasteiger partial charge is 0.103 e. The maximum absolute atomic E-state index is 3.83. The van der Waals surface area contributed by atoms with Crippen LogP contribution in [0, 0.1) is 5.92 Å². The smallest absolute Gasteiger partial charge is 0.0161 e. The molecule has 0 heteroatoms. The third-order valence-corrected chi connectivity index (χ3v) is 2.01. The standard InChI is InChI=1S/C14H20/c1-5-9-13(8-4)12-14(10-6-2)11-7-3/h5-8,10-11,13H,1-2,4,9,12H2,3H3/b11-7-,14-10+. The molecule has 0 nitrogen and oxygen atoms in total. The van der Waals surface area contributed by atoms with Crippen LogP contribution >= 0.6 is 0 Å². The van der Waals surface area contributed by atoms with E-state index >= 15 is 0 Å². The highest BCUT2D eigenvalue weighted by Gasteiger charge is 2.02. The molecule has 0 aromatic rings. The van der Waals surface area contributed by atoms with Crippen molar-refractivity contribution in [3.8, 4) is 0 Å². The molecule has 0 saturated heterocycles. The molecule has 0 amide bonds. The van der Waals surface area contributed by atoms with Crippen LogP contribution in [0.15, 0.2) is 61.8 Å². The first-order chi connectivity index (χ1) is 6.78. The Hall–Kier alpha value is -1.30. The minimum Gasteiger partial charge on any atom is -0.103 e. The average molecular weight is 188 g/mol. The summed E-state index contributed by atoms with van der Waals surface area (Å²) in [6, 6.07) is 0. The van der Waals surface area contributed by atoms with Crippen LogP contribution < -0.4 is 0 Å². The molecular formula is C14H20. The van der Waals surface area contributed by atoms with Gasteiger partial charge in [0.1, 0.15) is 0 Å². The molecule has 0 radical (unpaired) electrons. The van der Waals surface area contributed by atoms with Gasteiger partial charge in [-0.2, -0.15) is 0 Å². The monoisotopic (exact) mass is 188 g/mol. The fraction of sp³-hybridized carbons (Fsp3) is 0.286.